The molecule has 0 aliphatic rings. The number of hydrogen-bond acceptors (Lipinski definition) is 5. The number of nitrogens with one attached hydrogen (secondary N) is 2. The number of hydrogen-bond donors (Lipinski definition) is 4. The summed E-state index contributed by atoms with van der Waals surface area (Å²) >= 11 is 0. The zero-order valence-corrected chi connectivity index (χ0v) is 12.3. The Kier molecular flexibility index (Phi) is 4.93. The molecule has 0 unspecified atom stereocenters. The molecule has 2 amide bonds. The molecule has 0 saturated carbocycles. The SMILES string of the molecule is Cc1cccc(NC(=O)C(=O)N/N=C\c2ccc(O)cc2O)c1. The maximum atomic E-state index is 11.7. The Bertz CT molecular complexity index is 772. The summed E-state index contributed by atoms with van der Waals surface area (Å²) < 4.78 is 0. The number of carbonyl (C=O) groups excluding carboxylic acids is 2. The highest BCUT2D eigenvalue weighted by molar-refractivity contribution is 6.39. The van der Waals surface area contributed by atoms with Gasteiger partial charge in [-0.15, -0.1) is 0 Å². The van der Waals surface area contributed by atoms with Crippen LogP contribution in [-0.4, -0.2) is 28.2 Å². The van der Waals surface area contributed by atoms with Gasteiger partial charge >= 0.3 is 11.8 Å². The number of carbonyl (C=O) groups is 2. The van der Waals surface area contributed by atoms with Crippen molar-refractivity contribution in [2.24, 2.45) is 5.10 Å². The Balaban J connectivity index is 1.93. The van der Waals surface area contributed by atoms with Gasteiger partial charge in [0, 0.05) is 17.3 Å². The number of phenolic OH excluding ortho intramolecular Hbond substituents is 2. The minimum Gasteiger partial charge on any atom is -0.508 e. The maximum Gasteiger partial charge on any atom is 0.329 e. The van der Waals surface area contributed by atoms with Gasteiger partial charge in [0.1, 0.15) is 11.5 Å². The number of hydrazone groups is 1. The molecule has 0 aliphatic heterocycles. The molecule has 7 heteroatoms. The van der Waals surface area contributed by atoms with E-state index in [0.29, 0.717) is 5.69 Å². The highest BCUT2D eigenvalue weighted by atomic mass is 16.3. The van der Waals surface area contributed by atoms with E-state index in [1.165, 1.54) is 12.1 Å². The third kappa shape index (κ3) is 4.57. The maximum absolute atomic E-state index is 11.7. The summed E-state index contributed by atoms with van der Waals surface area (Å²) in [4.78, 5) is 23.3. The number of phenols is 2. The van der Waals surface area contributed by atoms with Crippen LogP contribution in [-0.2, 0) is 9.59 Å². The van der Waals surface area contributed by atoms with Crippen molar-refractivity contribution in [3.63, 3.8) is 0 Å². The standard InChI is InChI=1S/C16H15N3O4/c1-10-3-2-4-12(7-10)18-15(22)16(23)19-17-9-11-5-6-13(20)8-14(11)21/h2-9,20-21H,1H3,(H,18,22)(H,19,23)/b17-9-. The molecule has 0 spiro atoms. The normalized spacial score (nSPS) is 10.5. The third-order valence-electron chi connectivity index (χ3n) is 2.87. The molecule has 0 radical (unpaired) electrons. The minimum absolute atomic E-state index is 0.0961. The molecule has 2 aromatic carbocycles. The molecule has 2 aromatic rings. The van der Waals surface area contributed by atoms with E-state index in [1.807, 2.05) is 13.0 Å². The van der Waals surface area contributed by atoms with Crippen molar-refractivity contribution in [2.75, 3.05) is 5.32 Å². The van der Waals surface area contributed by atoms with Gasteiger partial charge in [-0.25, -0.2) is 5.43 Å². The Morgan fingerprint density at radius 2 is 1.87 bits per heavy atom. The zero-order valence-electron chi connectivity index (χ0n) is 12.3. The predicted octanol–water partition coefficient (Wildman–Crippen LogP) is 1.50. The number of aromatic hydroxyl groups is 2. The number of amides is 2. The fraction of sp³-hybridized carbons (Fsp3) is 0.0625. The highest BCUT2D eigenvalue weighted by Gasteiger charge is 2.12. The summed E-state index contributed by atoms with van der Waals surface area (Å²) in [5.74, 6) is -2.10. The average Bonchev–Trinajstić information content (AvgIpc) is 2.49. The first kappa shape index (κ1) is 16.0. The van der Waals surface area contributed by atoms with Crippen molar-refractivity contribution in [2.45, 2.75) is 6.92 Å². The molecule has 2 rings (SSSR count). The lowest BCUT2D eigenvalue weighted by Crippen LogP contribution is -2.32. The average molecular weight is 313 g/mol. The summed E-state index contributed by atoms with van der Waals surface area (Å²) in [6.45, 7) is 1.87. The van der Waals surface area contributed by atoms with E-state index >= 15 is 0 Å². The van der Waals surface area contributed by atoms with Crippen LogP contribution in [0.5, 0.6) is 11.5 Å². The van der Waals surface area contributed by atoms with E-state index < -0.39 is 11.8 Å². The fourth-order valence-corrected chi connectivity index (χ4v) is 1.76. The van der Waals surface area contributed by atoms with Crippen molar-refractivity contribution in [3.8, 4) is 11.5 Å². The summed E-state index contributed by atoms with van der Waals surface area (Å²) in [7, 11) is 0. The molecular weight excluding hydrogens is 298 g/mol. The van der Waals surface area contributed by atoms with E-state index in [1.54, 1.807) is 18.2 Å². The summed E-state index contributed by atoms with van der Waals surface area (Å²) in [6, 6.07) is 10.9. The van der Waals surface area contributed by atoms with Crippen molar-refractivity contribution in [1.82, 2.24) is 5.43 Å². The first-order valence-corrected chi connectivity index (χ1v) is 6.69. The molecule has 7 nitrogen and oxygen atoms in total. The minimum atomic E-state index is -0.943. The van der Waals surface area contributed by atoms with E-state index in [-0.39, 0.29) is 17.1 Å². The van der Waals surface area contributed by atoms with Crippen LogP contribution in [0.1, 0.15) is 11.1 Å². The van der Waals surface area contributed by atoms with E-state index in [4.69, 9.17) is 5.11 Å². The van der Waals surface area contributed by atoms with Crippen molar-refractivity contribution in [1.29, 1.82) is 0 Å². The van der Waals surface area contributed by atoms with Crippen LogP contribution in [0.25, 0.3) is 0 Å². The molecule has 0 bridgehead atoms. The molecule has 0 heterocycles. The molecule has 0 fully saturated rings. The first-order chi connectivity index (χ1) is 11.0. The van der Waals surface area contributed by atoms with E-state index in [9.17, 15) is 14.7 Å². The van der Waals surface area contributed by atoms with Crippen LogP contribution in [0.4, 0.5) is 5.69 Å². The summed E-state index contributed by atoms with van der Waals surface area (Å²) in [5, 5.41) is 24.7. The lowest BCUT2D eigenvalue weighted by molar-refractivity contribution is -0.136. The highest BCUT2D eigenvalue weighted by Crippen LogP contribution is 2.20. The van der Waals surface area contributed by atoms with Gasteiger partial charge in [-0.2, -0.15) is 5.10 Å². The second-order valence-electron chi connectivity index (χ2n) is 4.77. The van der Waals surface area contributed by atoms with Crippen LogP contribution in [0.2, 0.25) is 0 Å². The van der Waals surface area contributed by atoms with Crippen LogP contribution >= 0.6 is 0 Å². The summed E-state index contributed by atoms with van der Waals surface area (Å²) in [6.07, 6.45) is 1.16. The van der Waals surface area contributed by atoms with Crippen LogP contribution in [0.15, 0.2) is 47.6 Å². The van der Waals surface area contributed by atoms with Crippen molar-refractivity contribution >= 4 is 23.7 Å². The summed E-state index contributed by atoms with van der Waals surface area (Å²) in [5.41, 5.74) is 3.79. The Hall–Kier alpha value is -3.35. The number of nitrogens with zero attached hydrogens (tertiary/aromatic N) is 1. The van der Waals surface area contributed by atoms with E-state index in [2.05, 4.69) is 15.8 Å². The molecule has 0 atom stereocenters. The van der Waals surface area contributed by atoms with Gasteiger partial charge in [0.25, 0.3) is 0 Å². The Morgan fingerprint density at radius 3 is 2.57 bits per heavy atom. The van der Waals surface area contributed by atoms with Gasteiger partial charge in [-0.05, 0) is 36.8 Å². The predicted molar refractivity (Wildman–Crippen MR) is 85.3 cm³/mol. The third-order valence-corrected chi connectivity index (χ3v) is 2.87. The molecule has 0 aliphatic carbocycles. The van der Waals surface area contributed by atoms with Gasteiger partial charge in [-0.1, -0.05) is 12.1 Å². The molecule has 23 heavy (non-hydrogen) atoms. The largest absolute Gasteiger partial charge is 0.508 e. The Morgan fingerprint density at radius 1 is 1.09 bits per heavy atom. The van der Waals surface area contributed by atoms with Crippen molar-refractivity contribution < 1.29 is 19.8 Å². The van der Waals surface area contributed by atoms with Crippen LogP contribution in [0.3, 0.4) is 0 Å². The second-order valence-corrected chi connectivity index (χ2v) is 4.77. The lowest BCUT2D eigenvalue weighted by atomic mass is 10.2. The number of rotatable bonds is 3. The molecule has 4 N–H and O–H groups in total. The molecule has 0 aromatic heterocycles. The first-order valence-electron chi connectivity index (χ1n) is 6.69. The van der Waals surface area contributed by atoms with Gasteiger partial charge in [0.05, 0.1) is 6.21 Å². The number of aryl methyl sites for hydroxylation is 1. The zero-order chi connectivity index (χ0) is 16.8. The number of benzene rings is 2. The second kappa shape index (κ2) is 7.08. The quantitative estimate of drug-likeness (QED) is 0.391. The fourth-order valence-electron chi connectivity index (χ4n) is 1.76. The Labute approximate surface area is 132 Å². The van der Waals surface area contributed by atoms with Gasteiger partial charge in [-0.3, -0.25) is 9.59 Å². The van der Waals surface area contributed by atoms with Crippen LogP contribution in [0, 0.1) is 6.92 Å². The number of anilines is 1. The van der Waals surface area contributed by atoms with E-state index in [0.717, 1.165) is 17.8 Å². The van der Waals surface area contributed by atoms with Gasteiger partial charge < -0.3 is 15.5 Å². The smallest absolute Gasteiger partial charge is 0.329 e. The van der Waals surface area contributed by atoms with Gasteiger partial charge in [0.15, 0.2) is 0 Å². The topological polar surface area (TPSA) is 111 Å². The molecule has 0 saturated heterocycles. The molecular formula is C16H15N3O4. The van der Waals surface area contributed by atoms with Crippen LogP contribution < -0.4 is 10.7 Å². The molecule has 118 valence electrons. The van der Waals surface area contributed by atoms with Gasteiger partial charge in [0.2, 0.25) is 0 Å². The lowest BCUT2D eigenvalue weighted by Gasteiger charge is -2.04. The monoisotopic (exact) mass is 313 g/mol. The van der Waals surface area contributed by atoms with Crippen molar-refractivity contribution in [3.05, 3.63) is 53.6 Å².